The molecule has 19 heavy (non-hydrogen) atoms. The highest BCUT2D eigenvalue weighted by atomic mass is 79.9. The van der Waals surface area contributed by atoms with Gasteiger partial charge in [-0.1, -0.05) is 19.1 Å². The van der Waals surface area contributed by atoms with Crippen molar-refractivity contribution >= 4 is 39.0 Å². The lowest BCUT2D eigenvalue weighted by Gasteiger charge is -2.39. The molecular weight excluding hydrogens is 328 g/mol. The SMILES string of the molecule is CC1CCC(NC(=O)c2ccoc2Br)(C(N)=S)CC1. The first-order valence-corrected chi connectivity index (χ1v) is 7.50. The molecule has 1 heterocycles. The fourth-order valence-electron chi connectivity index (χ4n) is 2.43. The van der Waals surface area contributed by atoms with Gasteiger partial charge in [0, 0.05) is 0 Å². The average molecular weight is 345 g/mol. The van der Waals surface area contributed by atoms with E-state index in [9.17, 15) is 4.79 Å². The summed E-state index contributed by atoms with van der Waals surface area (Å²) in [4.78, 5) is 12.6. The van der Waals surface area contributed by atoms with Gasteiger partial charge in [0.05, 0.1) is 22.4 Å². The molecule has 1 fully saturated rings. The zero-order valence-corrected chi connectivity index (χ0v) is 13.1. The van der Waals surface area contributed by atoms with Gasteiger partial charge in [0.25, 0.3) is 5.91 Å². The number of nitrogens with one attached hydrogen (secondary N) is 1. The summed E-state index contributed by atoms with van der Waals surface area (Å²) in [7, 11) is 0. The van der Waals surface area contributed by atoms with E-state index in [0.717, 1.165) is 25.7 Å². The molecule has 4 nitrogen and oxygen atoms in total. The van der Waals surface area contributed by atoms with Gasteiger partial charge in [0.1, 0.15) is 0 Å². The summed E-state index contributed by atoms with van der Waals surface area (Å²) in [5, 5.41) is 3.00. The van der Waals surface area contributed by atoms with Gasteiger partial charge in [-0.2, -0.15) is 0 Å². The Kier molecular flexibility index (Phi) is 4.30. The molecule has 0 bridgehead atoms. The van der Waals surface area contributed by atoms with Crippen LogP contribution < -0.4 is 11.1 Å². The molecule has 0 radical (unpaired) electrons. The fourth-order valence-corrected chi connectivity index (χ4v) is 3.10. The van der Waals surface area contributed by atoms with Crippen molar-refractivity contribution in [2.45, 2.75) is 38.1 Å². The van der Waals surface area contributed by atoms with E-state index in [1.54, 1.807) is 6.07 Å². The molecule has 1 saturated carbocycles. The van der Waals surface area contributed by atoms with Crippen molar-refractivity contribution in [3.05, 3.63) is 22.6 Å². The van der Waals surface area contributed by atoms with Crippen LogP contribution in [-0.2, 0) is 0 Å². The van der Waals surface area contributed by atoms with E-state index in [1.807, 2.05) is 0 Å². The van der Waals surface area contributed by atoms with Gasteiger partial charge in [-0.3, -0.25) is 4.79 Å². The summed E-state index contributed by atoms with van der Waals surface area (Å²) >= 11 is 8.38. The molecule has 0 atom stereocenters. The monoisotopic (exact) mass is 344 g/mol. The van der Waals surface area contributed by atoms with Gasteiger partial charge >= 0.3 is 0 Å². The predicted molar refractivity (Wildman–Crippen MR) is 81.0 cm³/mol. The molecule has 104 valence electrons. The van der Waals surface area contributed by atoms with Crippen LogP contribution in [0.1, 0.15) is 43.0 Å². The van der Waals surface area contributed by atoms with E-state index in [1.165, 1.54) is 6.26 Å². The molecule has 0 aromatic carbocycles. The normalized spacial score (nSPS) is 26.9. The highest BCUT2D eigenvalue weighted by Crippen LogP contribution is 2.33. The second-order valence-corrected chi connectivity index (χ2v) is 6.35. The minimum atomic E-state index is -0.560. The zero-order valence-electron chi connectivity index (χ0n) is 10.7. The van der Waals surface area contributed by atoms with E-state index < -0.39 is 5.54 Å². The Labute approximate surface area is 126 Å². The summed E-state index contributed by atoms with van der Waals surface area (Å²) in [5.74, 6) is 0.447. The van der Waals surface area contributed by atoms with Crippen LogP contribution in [0.3, 0.4) is 0 Å². The van der Waals surface area contributed by atoms with E-state index in [-0.39, 0.29) is 5.91 Å². The maximum Gasteiger partial charge on any atom is 0.256 e. The third-order valence-electron chi connectivity index (χ3n) is 3.81. The number of hydrogen-bond donors (Lipinski definition) is 2. The number of furan rings is 1. The average Bonchev–Trinajstić information content (AvgIpc) is 2.78. The number of carbonyl (C=O) groups is 1. The largest absolute Gasteiger partial charge is 0.457 e. The Morgan fingerprint density at radius 3 is 2.68 bits per heavy atom. The van der Waals surface area contributed by atoms with Crippen molar-refractivity contribution in [2.75, 3.05) is 0 Å². The Morgan fingerprint density at radius 1 is 1.58 bits per heavy atom. The minimum absolute atomic E-state index is 0.206. The van der Waals surface area contributed by atoms with Crippen molar-refractivity contribution in [2.24, 2.45) is 11.7 Å². The topological polar surface area (TPSA) is 68.3 Å². The second-order valence-electron chi connectivity index (χ2n) is 5.19. The molecule has 0 saturated heterocycles. The van der Waals surface area contributed by atoms with Crippen LogP contribution >= 0.6 is 28.1 Å². The third-order valence-corrected chi connectivity index (χ3v) is 4.82. The highest BCUT2D eigenvalue weighted by Gasteiger charge is 2.38. The van der Waals surface area contributed by atoms with Gasteiger partial charge < -0.3 is 15.5 Å². The summed E-state index contributed by atoms with van der Waals surface area (Å²) < 4.78 is 5.50. The molecule has 1 aliphatic carbocycles. The number of amides is 1. The molecule has 0 aliphatic heterocycles. The maximum absolute atomic E-state index is 12.3. The molecule has 1 aromatic heterocycles. The molecule has 1 aliphatic rings. The second kappa shape index (κ2) is 5.63. The fraction of sp³-hybridized carbons (Fsp3) is 0.538. The van der Waals surface area contributed by atoms with Crippen molar-refractivity contribution in [3.8, 4) is 0 Å². The van der Waals surface area contributed by atoms with Gasteiger partial charge in [0.15, 0.2) is 4.67 Å². The van der Waals surface area contributed by atoms with E-state index >= 15 is 0 Å². The van der Waals surface area contributed by atoms with E-state index in [4.69, 9.17) is 22.4 Å². The Hall–Kier alpha value is -0.880. The molecule has 3 N–H and O–H groups in total. The third kappa shape index (κ3) is 3.00. The molecule has 1 aromatic rings. The van der Waals surface area contributed by atoms with Crippen molar-refractivity contribution in [3.63, 3.8) is 0 Å². The number of carbonyl (C=O) groups excluding carboxylic acids is 1. The summed E-state index contributed by atoms with van der Waals surface area (Å²) in [6.07, 6.45) is 5.10. The van der Waals surface area contributed by atoms with Gasteiger partial charge in [0.2, 0.25) is 0 Å². The Morgan fingerprint density at radius 2 is 2.21 bits per heavy atom. The van der Waals surface area contributed by atoms with Crippen LogP contribution in [0.4, 0.5) is 0 Å². The predicted octanol–water partition coefficient (Wildman–Crippen LogP) is 3.01. The molecule has 1 amide bonds. The molecule has 0 spiro atoms. The molecule has 2 rings (SSSR count). The van der Waals surface area contributed by atoms with Crippen molar-refractivity contribution in [1.82, 2.24) is 5.32 Å². The Bertz CT molecular complexity index is 493. The number of thiocarbonyl (C=S) groups is 1. The van der Waals surface area contributed by atoms with Gasteiger partial charge in [-0.05, 0) is 53.6 Å². The first-order valence-electron chi connectivity index (χ1n) is 6.30. The highest BCUT2D eigenvalue weighted by molar-refractivity contribution is 9.10. The summed E-state index contributed by atoms with van der Waals surface area (Å²) in [5.41, 5.74) is 5.78. The van der Waals surface area contributed by atoms with Crippen molar-refractivity contribution < 1.29 is 9.21 Å². The zero-order chi connectivity index (χ0) is 14.0. The molecule has 0 unspecified atom stereocenters. The van der Waals surface area contributed by atoms with Crippen LogP contribution in [-0.4, -0.2) is 16.4 Å². The van der Waals surface area contributed by atoms with Crippen LogP contribution in [0.25, 0.3) is 0 Å². The van der Waals surface area contributed by atoms with Crippen LogP contribution in [0.2, 0.25) is 0 Å². The lowest BCUT2D eigenvalue weighted by Crippen LogP contribution is -2.58. The Balaban J connectivity index is 2.16. The van der Waals surface area contributed by atoms with E-state index in [2.05, 4.69) is 28.2 Å². The number of rotatable bonds is 3. The van der Waals surface area contributed by atoms with Gasteiger partial charge in [-0.25, -0.2) is 0 Å². The molecular formula is C13H17BrN2O2S. The van der Waals surface area contributed by atoms with Crippen molar-refractivity contribution in [1.29, 1.82) is 0 Å². The number of hydrogen-bond acceptors (Lipinski definition) is 3. The lowest BCUT2D eigenvalue weighted by atomic mass is 9.77. The standard InChI is InChI=1S/C13H17BrN2O2S/c1-8-2-5-13(6-3-8,12(15)19)16-11(17)9-4-7-18-10(9)14/h4,7-8H,2-3,5-6H2,1H3,(H2,15,19)(H,16,17). The smallest absolute Gasteiger partial charge is 0.256 e. The first-order chi connectivity index (χ1) is 8.94. The minimum Gasteiger partial charge on any atom is -0.457 e. The molecule has 6 heteroatoms. The quantitative estimate of drug-likeness (QED) is 0.827. The first kappa shape index (κ1) is 14.5. The summed E-state index contributed by atoms with van der Waals surface area (Å²) in [6.45, 7) is 2.21. The lowest BCUT2D eigenvalue weighted by molar-refractivity contribution is 0.0899. The van der Waals surface area contributed by atoms with Gasteiger partial charge in [-0.15, -0.1) is 0 Å². The van der Waals surface area contributed by atoms with Crippen LogP contribution in [0, 0.1) is 5.92 Å². The van der Waals surface area contributed by atoms with Crippen LogP contribution in [0.5, 0.6) is 0 Å². The number of nitrogens with two attached hydrogens (primary N) is 1. The van der Waals surface area contributed by atoms with Crippen LogP contribution in [0.15, 0.2) is 21.4 Å². The summed E-state index contributed by atoms with van der Waals surface area (Å²) in [6, 6.07) is 1.62. The number of halogens is 1. The van der Waals surface area contributed by atoms with E-state index in [0.29, 0.717) is 21.1 Å². The maximum atomic E-state index is 12.3.